The van der Waals surface area contributed by atoms with E-state index >= 15 is 0 Å². The van der Waals surface area contributed by atoms with E-state index in [4.69, 9.17) is 0 Å². The van der Waals surface area contributed by atoms with Crippen molar-refractivity contribution >= 4 is 28.7 Å². The van der Waals surface area contributed by atoms with Crippen LogP contribution in [0, 0.1) is 0 Å². The Bertz CT molecular complexity index is 860. The number of hydrogen-bond acceptors (Lipinski definition) is 4. The maximum Gasteiger partial charge on any atom is 0.324 e. The highest BCUT2D eigenvalue weighted by Gasteiger charge is 2.38. The number of urea groups is 1. The summed E-state index contributed by atoms with van der Waals surface area (Å²) in [5.41, 5.74) is 2.08. The van der Waals surface area contributed by atoms with Gasteiger partial charge in [0.15, 0.2) is 0 Å². The van der Waals surface area contributed by atoms with Crippen LogP contribution in [0.25, 0.3) is 10.9 Å². The maximum absolute atomic E-state index is 12.5. The van der Waals surface area contributed by atoms with E-state index in [0.717, 1.165) is 29.4 Å². The second-order valence-corrected chi connectivity index (χ2v) is 7.31. The van der Waals surface area contributed by atoms with Crippen molar-refractivity contribution in [3.63, 3.8) is 0 Å². The van der Waals surface area contributed by atoms with Crippen LogP contribution in [-0.2, 0) is 16.0 Å². The van der Waals surface area contributed by atoms with Gasteiger partial charge in [-0.25, -0.2) is 4.79 Å². The first-order valence-electron chi connectivity index (χ1n) is 9.54. The fourth-order valence-corrected chi connectivity index (χ4v) is 3.38. The molecular weight excluding hydrogens is 358 g/mol. The van der Waals surface area contributed by atoms with E-state index < -0.39 is 12.1 Å². The average molecular weight is 385 g/mol. The van der Waals surface area contributed by atoms with Crippen LogP contribution in [0.2, 0.25) is 0 Å². The lowest BCUT2D eigenvalue weighted by Gasteiger charge is -2.13. The fourth-order valence-electron chi connectivity index (χ4n) is 3.38. The Morgan fingerprint density at radius 1 is 1.25 bits per heavy atom. The number of carbonyl (C=O) groups excluding carboxylic acids is 3. The van der Waals surface area contributed by atoms with Gasteiger partial charge in [0.25, 0.3) is 5.91 Å². The van der Waals surface area contributed by atoms with E-state index in [0.29, 0.717) is 13.0 Å². The molecule has 0 radical (unpaired) electrons. The molecule has 0 saturated carbocycles. The molecule has 2 heterocycles. The standard InChI is InChI=1S/C20H27N5O3/c1-24(2)10-5-9-21-18(26)12-17-19(27)25(20(28)23-17)11-8-14-13-22-16-7-4-3-6-15(14)16/h3-4,6-7,13,17,22H,5,8-12H2,1-2H3,(H,21,26)(H,23,28)/t17-/m0/s1. The highest BCUT2D eigenvalue weighted by atomic mass is 16.2. The van der Waals surface area contributed by atoms with Crippen molar-refractivity contribution in [3.05, 3.63) is 36.0 Å². The highest BCUT2D eigenvalue weighted by molar-refractivity contribution is 6.05. The zero-order valence-corrected chi connectivity index (χ0v) is 16.3. The number of fused-ring (bicyclic) bond motifs is 1. The Labute approximate surface area is 164 Å². The number of hydrogen-bond donors (Lipinski definition) is 3. The smallest absolute Gasteiger partial charge is 0.324 e. The molecule has 1 fully saturated rings. The molecule has 1 aliphatic rings. The molecule has 1 aliphatic heterocycles. The molecule has 3 rings (SSSR count). The molecule has 8 heteroatoms. The van der Waals surface area contributed by atoms with Gasteiger partial charge in [0, 0.05) is 30.2 Å². The third-order valence-corrected chi connectivity index (χ3v) is 4.88. The number of imide groups is 1. The van der Waals surface area contributed by atoms with Crippen LogP contribution in [0.1, 0.15) is 18.4 Å². The van der Waals surface area contributed by atoms with Gasteiger partial charge < -0.3 is 20.5 Å². The SMILES string of the molecule is CN(C)CCCNC(=O)C[C@@H]1NC(=O)N(CCc2c[nH]c3ccccc23)C1=O. The topological polar surface area (TPSA) is 97.5 Å². The lowest BCUT2D eigenvalue weighted by Crippen LogP contribution is -2.37. The minimum atomic E-state index is -0.788. The zero-order chi connectivity index (χ0) is 20.1. The Morgan fingerprint density at radius 2 is 2.04 bits per heavy atom. The van der Waals surface area contributed by atoms with Gasteiger partial charge in [0.05, 0.1) is 6.42 Å². The summed E-state index contributed by atoms with van der Waals surface area (Å²) in [6.07, 6.45) is 3.27. The van der Waals surface area contributed by atoms with E-state index in [-0.39, 0.29) is 24.8 Å². The Hall–Kier alpha value is -2.87. The minimum absolute atomic E-state index is 0.0316. The molecule has 0 aliphatic carbocycles. The van der Waals surface area contributed by atoms with Crippen LogP contribution < -0.4 is 10.6 Å². The molecule has 0 bridgehead atoms. The molecule has 0 spiro atoms. The predicted molar refractivity (Wildman–Crippen MR) is 107 cm³/mol. The van der Waals surface area contributed by atoms with E-state index in [1.807, 2.05) is 49.5 Å². The third-order valence-electron chi connectivity index (χ3n) is 4.88. The molecule has 1 saturated heterocycles. The van der Waals surface area contributed by atoms with Gasteiger partial charge in [-0.15, -0.1) is 0 Å². The summed E-state index contributed by atoms with van der Waals surface area (Å²) in [6, 6.07) is 6.69. The Kier molecular flexibility index (Phi) is 6.30. The summed E-state index contributed by atoms with van der Waals surface area (Å²) >= 11 is 0. The molecule has 0 unspecified atom stereocenters. The molecule has 3 N–H and O–H groups in total. The van der Waals surface area contributed by atoms with Crippen LogP contribution in [0.4, 0.5) is 4.79 Å². The minimum Gasteiger partial charge on any atom is -0.361 e. The first kappa shape index (κ1) is 19.9. The van der Waals surface area contributed by atoms with E-state index in [1.165, 1.54) is 4.90 Å². The number of H-pyrrole nitrogens is 1. The van der Waals surface area contributed by atoms with Crippen molar-refractivity contribution < 1.29 is 14.4 Å². The zero-order valence-electron chi connectivity index (χ0n) is 16.3. The molecule has 4 amide bonds. The van der Waals surface area contributed by atoms with Crippen LogP contribution in [-0.4, -0.2) is 72.4 Å². The van der Waals surface area contributed by atoms with Gasteiger partial charge >= 0.3 is 6.03 Å². The second-order valence-electron chi connectivity index (χ2n) is 7.31. The monoisotopic (exact) mass is 385 g/mol. The van der Waals surface area contributed by atoms with Crippen LogP contribution in [0.3, 0.4) is 0 Å². The average Bonchev–Trinajstić information content (AvgIpc) is 3.18. The van der Waals surface area contributed by atoms with Crippen LogP contribution in [0.5, 0.6) is 0 Å². The highest BCUT2D eigenvalue weighted by Crippen LogP contribution is 2.19. The number of amides is 4. The molecule has 2 aromatic rings. The number of nitrogens with zero attached hydrogens (tertiary/aromatic N) is 2. The fraction of sp³-hybridized carbons (Fsp3) is 0.450. The second kappa shape index (κ2) is 8.88. The van der Waals surface area contributed by atoms with Crippen molar-refractivity contribution in [3.8, 4) is 0 Å². The molecule has 28 heavy (non-hydrogen) atoms. The lowest BCUT2D eigenvalue weighted by atomic mass is 10.1. The van der Waals surface area contributed by atoms with Gasteiger partial charge in [-0.05, 0) is 45.1 Å². The number of rotatable bonds is 9. The first-order chi connectivity index (χ1) is 13.5. The van der Waals surface area contributed by atoms with Crippen molar-refractivity contribution in [2.75, 3.05) is 33.7 Å². The van der Waals surface area contributed by atoms with Crippen molar-refractivity contribution in [1.29, 1.82) is 0 Å². The molecule has 1 aromatic carbocycles. The molecule has 150 valence electrons. The summed E-state index contributed by atoms with van der Waals surface area (Å²) in [4.78, 5) is 43.2. The van der Waals surface area contributed by atoms with Crippen molar-refractivity contribution in [2.45, 2.75) is 25.3 Å². The number of benzene rings is 1. The largest absolute Gasteiger partial charge is 0.361 e. The van der Waals surface area contributed by atoms with E-state index in [9.17, 15) is 14.4 Å². The van der Waals surface area contributed by atoms with Crippen molar-refractivity contribution in [1.82, 2.24) is 25.4 Å². The number of aromatic amines is 1. The van der Waals surface area contributed by atoms with Gasteiger partial charge in [-0.3, -0.25) is 14.5 Å². The molecule has 8 nitrogen and oxygen atoms in total. The summed E-state index contributed by atoms with van der Waals surface area (Å²) in [7, 11) is 3.94. The van der Waals surface area contributed by atoms with Crippen molar-refractivity contribution in [2.24, 2.45) is 0 Å². The van der Waals surface area contributed by atoms with Gasteiger partial charge in [0.1, 0.15) is 6.04 Å². The predicted octanol–water partition coefficient (Wildman–Crippen LogP) is 1.09. The third kappa shape index (κ3) is 4.69. The summed E-state index contributed by atoms with van der Waals surface area (Å²) < 4.78 is 0. The maximum atomic E-state index is 12.5. The van der Waals surface area contributed by atoms with Gasteiger partial charge in [-0.1, -0.05) is 18.2 Å². The van der Waals surface area contributed by atoms with E-state index in [1.54, 1.807) is 0 Å². The molecular formula is C20H27N5O3. The number of para-hydroxylation sites is 1. The summed E-state index contributed by atoms with van der Waals surface area (Å²) in [5.74, 6) is -0.566. The number of aromatic nitrogens is 1. The van der Waals surface area contributed by atoms with Gasteiger partial charge in [-0.2, -0.15) is 0 Å². The quantitative estimate of drug-likeness (QED) is 0.445. The normalized spacial score (nSPS) is 16.8. The lowest BCUT2D eigenvalue weighted by molar-refractivity contribution is -0.130. The molecule has 1 aromatic heterocycles. The summed E-state index contributed by atoms with van der Waals surface area (Å²) in [6.45, 7) is 1.71. The van der Waals surface area contributed by atoms with Gasteiger partial charge in [0.2, 0.25) is 5.91 Å². The number of carbonyl (C=O) groups is 3. The van der Waals surface area contributed by atoms with Crippen LogP contribution in [0.15, 0.2) is 30.5 Å². The number of nitrogens with one attached hydrogen (secondary N) is 3. The summed E-state index contributed by atoms with van der Waals surface area (Å²) in [5, 5.41) is 6.51. The Morgan fingerprint density at radius 3 is 2.82 bits per heavy atom. The van der Waals surface area contributed by atoms with Crippen LogP contribution >= 0.6 is 0 Å². The Balaban J connectivity index is 1.50. The molecule has 1 atom stereocenters. The first-order valence-corrected chi connectivity index (χ1v) is 9.54. The van der Waals surface area contributed by atoms with E-state index in [2.05, 4.69) is 15.6 Å².